The largest absolute Gasteiger partial charge is 0.309 e. The van der Waals surface area contributed by atoms with E-state index in [1.54, 1.807) is 6.04 Å². The van der Waals surface area contributed by atoms with Gasteiger partial charge >= 0.3 is 0 Å². The van der Waals surface area contributed by atoms with Crippen molar-refractivity contribution >= 4 is 0 Å². The van der Waals surface area contributed by atoms with E-state index in [4.69, 9.17) is 0 Å². The van der Waals surface area contributed by atoms with Crippen LogP contribution in [0.3, 0.4) is 0 Å². The lowest BCUT2D eigenvalue weighted by Gasteiger charge is -2.08. The van der Waals surface area contributed by atoms with E-state index in [1.165, 1.54) is 13.0 Å². The maximum Gasteiger partial charge on any atom is 0.0412 e. The Bertz CT molecular complexity index is 48.7. The first kappa shape index (κ1) is 2.19. The van der Waals surface area contributed by atoms with Crippen molar-refractivity contribution in [2.75, 3.05) is 6.54 Å². The van der Waals surface area contributed by atoms with Gasteiger partial charge in [0.2, 0.25) is 0 Å². The number of hydrogen-bond donors (Lipinski definition) is 1. The Labute approximate surface area is 31.4 Å². The van der Waals surface area contributed by atoms with Crippen LogP contribution in [0, 0.1) is 12.0 Å². The quantitative estimate of drug-likeness (QED) is 0.426. The highest BCUT2D eigenvalue weighted by atomic mass is 15.1. The molecule has 0 aromatic rings. The fraction of sp³-hybridized carbons (Fsp3) is 0.750. The lowest BCUT2D eigenvalue weighted by atomic mass is 10.3. The normalized spacial score (nSPS) is 46.8. The van der Waals surface area contributed by atoms with Gasteiger partial charge in [0.1, 0.15) is 0 Å². The third-order valence-corrected chi connectivity index (χ3v) is 1.37. The summed E-state index contributed by atoms with van der Waals surface area (Å²) in [5, 5.41) is 3.20. The van der Waals surface area contributed by atoms with Crippen molar-refractivity contribution in [3.8, 4) is 0 Å². The molecule has 1 nitrogen and oxygen atoms in total. The summed E-state index contributed by atoms with van der Waals surface area (Å²) in [6.45, 7) is 1.27. The first-order valence-corrected chi connectivity index (χ1v) is 2.06. The third-order valence-electron chi connectivity index (χ3n) is 1.37. The molecule has 1 aliphatic heterocycles. The van der Waals surface area contributed by atoms with Gasteiger partial charge in [-0.25, -0.2) is 0 Å². The SMILES string of the molecule is C1N[C]2CC12. The van der Waals surface area contributed by atoms with E-state index in [0.717, 1.165) is 5.92 Å². The number of fused-ring (bicyclic) bond motifs is 1. The zero-order valence-corrected chi connectivity index (χ0v) is 2.99. The minimum atomic E-state index is 1.04. The second kappa shape index (κ2) is 0.432. The molecule has 1 atom stereocenters. The molecule has 0 spiro atoms. The van der Waals surface area contributed by atoms with Gasteiger partial charge in [-0.2, -0.15) is 0 Å². The van der Waals surface area contributed by atoms with E-state index >= 15 is 0 Å². The Morgan fingerprint density at radius 2 is 2.60 bits per heavy atom. The third kappa shape index (κ3) is 0.127. The van der Waals surface area contributed by atoms with Crippen LogP contribution in [-0.2, 0) is 0 Å². The van der Waals surface area contributed by atoms with Crippen LogP contribution in [0.2, 0.25) is 0 Å². The first-order chi connectivity index (χ1) is 2.47. The van der Waals surface area contributed by atoms with E-state index in [-0.39, 0.29) is 0 Å². The minimum absolute atomic E-state index is 1.04. The molecule has 1 unspecified atom stereocenters. The summed E-state index contributed by atoms with van der Waals surface area (Å²) in [5.74, 6) is 1.04. The maximum atomic E-state index is 3.20. The van der Waals surface area contributed by atoms with Crippen molar-refractivity contribution in [2.45, 2.75) is 6.42 Å². The topological polar surface area (TPSA) is 12.0 Å². The summed E-state index contributed by atoms with van der Waals surface area (Å²) in [7, 11) is 0. The van der Waals surface area contributed by atoms with Gasteiger partial charge in [-0.1, -0.05) is 0 Å². The Kier molecular flexibility index (Phi) is 0.189. The van der Waals surface area contributed by atoms with Crippen molar-refractivity contribution in [3.05, 3.63) is 6.04 Å². The zero-order valence-electron chi connectivity index (χ0n) is 2.99. The smallest absolute Gasteiger partial charge is 0.0412 e. The highest BCUT2D eigenvalue weighted by Crippen LogP contribution is 2.44. The zero-order chi connectivity index (χ0) is 3.28. The van der Waals surface area contributed by atoms with Crippen molar-refractivity contribution in [2.24, 2.45) is 5.92 Å². The van der Waals surface area contributed by atoms with E-state index < -0.39 is 0 Å². The molecule has 0 aromatic carbocycles. The average Bonchev–Trinajstić information content (AvgIpc) is 1.74. The van der Waals surface area contributed by atoms with Crippen LogP contribution in [-0.4, -0.2) is 6.54 Å². The molecular formula is C4H6N. The fourth-order valence-corrected chi connectivity index (χ4v) is 0.742. The van der Waals surface area contributed by atoms with E-state index in [2.05, 4.69) is 5.32 Å². The van der Waals surface area contributed by atoms with Gasteiger partial charge in [-0.3, -0.25) is 0 Å². The molecule has 0 amide bonds. The average molecular weight is 68.1 g/mol. The highest BCUT2D eigenvalue weighted by molar-refractivity contribution is 5.20. The van der Waals surface area contributed by atoms with Crippen LogP contribution in [0.25, 0.3) is 0 Å². The van der Waals surface area contributed by atoms with Crippen molar-refractivity contribution in [1.29, 1.82) is 0 Å². The summed E-state index contributed by atoms with van der Waals surface area (Å²) in [4.78, 5) is 0. The molecule has 0 bridgehead atoms. The molecule has 1 radical (unpaired) electrons. The first-order valence-electron chi connectivity index (χ1n) is 2.06. The van der Waals surface area contributed by atoms with Crippen LogP contribution >= 0.6 is 0 Å². The van der Waals surface area contributed by atoms with E-state index in [0.29, 0.717) is 0 Å². The van der Waals surface area contributed by atoms with Crippen LogP contribution in [0.15, 0.2) is 0 Å². The van der Waals surface area contributed by atoms with Gasteiger partial charge < -0.3 is 5.32 Å². The van der Waals surface area contributed by atoms with Gasteiger partial charge in [0.15, 0.2) is 0 Å². The Morgan fingerprint density at radius 1 is 1.80 bits per heavy atom. The molecule has 1 saturated carbocycles. The maximum absolute atomic E-state index is 3.20. The van der Waals surface area contributed by atoms with Gasteiger partial charge in [-0.15, -0.1) is 0 Å². The number of rotatable bonds is 0. The summed E-state index contributed by atoms with van der Waals surface area (Å²) in [6, 6.07) is 1.60. The number of nitrogens with one attached hydrogen (secondary N) is 1. The van der Waals surface area contributed by atoms with Crippen LogP contribution in [0.4, 0.5) is 0 Å². The molecule has 1 aliphatic carbocycles. The van der Waals surface area contributed by atoms with Gasteiger partial charge in [0.25, 0.3) is 0 Å². The van der Waals surface area contributed by atoms with Crippen LogP contribution in [0.5, 0.6) is 0 Å². The Morgan fingerprint density at radius 3 is 2.60 bits per heavy atom. The number of hydrogen-bond acceptors (Lipinski definition) is 1. The van der Waals surface area contributed by atoms with Crippen molar-refractivity contribution in [1.82, 2.24) is 5.32 Å². The molecule has 1 saturated heterocycles. The fourth-order valence-electron chi connectivity index (χ4n) is 0.742. The van der Waals surface area contributed by atoms with E-state index in [9.17, 15) is 0 Å². The molecule has 27 valence electrons. The molecule has 1 heterocycles. The van der Waals surface area contributed by atoms with Crippen molar-refractivity contribution in [3.63, 3.8) is 0 Å². The lowest BCUT2D eigenvalue weighted by molar-refractivity contribution is 0.599. The Hall–Kier alpha value is -0.0400. The molecule has 2 rings (SSSR count). The second-order valence-electron chi connectivity index (χ2n) is 1.81. The monoisotopic (exact) mass is 68.1 g/mol. The lowest BCUT2D eigenvalue weighted by Crippen LogP contribution is -2.25. The predicted octanol–water partition coefficient (Wildman–Crippen LogP) is 0.141. The van der Waals surface area contributed by atoms with Crippen LogP contribution in [0.1, 0.15) is 6.42 Å². The molecule has 2 aliphatic rings. The molecule has 1 N–H and O–H groups in total. The minimum Gasteiger partial charge on any atom is -0.309 e. The summed E-state index contributed by atoms with van der Waals surface area (Å²) in [5.41, 5.74) is 0. The second-order valence-corrected chi connectivity index (χ2v) is 1.81. The molecule has 1 heteroatoms. The molecule has 5 heavy (non-hydrogen) atoms. The van der Waals surface area contributed by atoms with Gasteiger partial charge in [0, 0.05) is 12.6 Å². The summed E-state index contributed by atoms with van der Waals surface area (Å²) in [6.07, 6.45) is 1.39. The molecule has 0 aromatic heterocycles. The Balaban J connectivity index is 2.19. The van der Waals surface area contributed by atoms with Gasteiger partial charge in [0.05, 0.1) is 0 Å². The summed E-state index contributed by atoms with van der Waals surface area (Å²) < 4.78 is 0. The predicted molar refractivity (Wildman–Crippen MR) is 19.4 cm³/mol. The van der Waals surface area contributed by atoms with E-state index in [1.807, 2.05) is 0 Å². The summed E-state index contributed by atoms with van der Waals surface area (Å²) >= 11 is 0. The van der Waals surface area contributed by atoms with Gasteiger partial charge in [-0.05, 0) is 12.3 Å². The van der Waals surface area contributed by atoms with Crippen LogP contribution < -0.4 is 5.32 Å². The highest BCUT2D eigenvalue weighted by Gasteiger charge is 2.45. The molecule has 2 fully saturated rings. The molecular weight excluding hydrogens is 62.1 g/mol. The standard InChI is InChI=1S/C4H6N/c1-3-2-5-4(1)3/h3,5H,1-2H2. The van der Waals surface area contributed by atoms with Crippen molar-refractivity contribution < 1.29 is 0 Å².